The van der Waals surface area contributed by atoms with Crippen molar-refractivity contribution in [2.24, 2.45) is 0 Å². The number of amides is 1. The van der Waals surface area contributed by atoms with Gasteiger partial charge in [0.1, 0.15) is 11.3 Å². The molecule has 1 aromatic rings. The van der Waals surface area contributed by atoms with Crippen LogP contribution in [0.5, 0.6) is 0 Å². The molecule has 0 N–H and O–H groups in total. The number of unbranched alkanes of at least 4 members (excludes halogenated alkanes) is 1. The van der Waals surface area contributed by atoms with Crippen LogP contribution in [0.15, 0.2) is 30.3 Å². The van der Waals surface area contributed by atoms with E-state index in [9.17, 15) is 9.18 Å². The maximum Gasteiger partial charge on any atom is 0.410 e. The van der Waals surface area contributed by atoms with Gasteiger partial charge in [-0.1, -0.05) is 30.3 Å². The number of rotatable bonds is 7. The first kappa shape index (κ1) is 19.7. The van der Waals surface area contributed by atoms with Crippen LogP contribution in [-0.2, 0) is 16.1 Å². The second-order valence-corrected chi connectivity index (χ2v) is 7.80. The quantitative estimate of drug-likeness (QED) is 0.667. The third-order valence-corrected chi connectivity index (χ3v) is 4.23. The summed E-state index contributed by atoms with van der Waals surface area (Å²) in [7, 11) is 0. The summed E-state index contributed by atoms with van der Waals surface area (Å²) in [5.74, 6) is 0. The molecule has 0 aromatic heterocycles. The molecule has 1 aliphatic rings. The monoisotopic (exact) mass is 351 g/mol. The van der Waals surface area contributed by atoms with Crippen LogP contribution in [0.4, 0.5) is 9.18 Å². The topological polar surface area (TPSA) is 38.8 Å². The molecule has 0 spiro atoms. The Balaban J connectivity index is 1.61. The number of halogens is 1. The van der Waals surface area contributed by atoms with Gasteiger partial charge in [-0.3, -0.25) is 0 Å². The molecule has 1 saturated heterocycles. The first-order valence-electron chi connectivity index (χ1n) is 9.06. The van der Waals surface area contributed by atoms with E-state index in [1.165, 1.54) is 4.90 Å². The number of alkyl halides is 1. The molecule has 1 atom stereocenters. The highest BCUT2D eigenvalue weighted by Gasteiger charge is 2.40. The zero-order valence-corrected chi connectivity index (χ0v) is 15.6. The number of hydrogen-bond acceptors (Lipinski definition) is 3. The summed E-state index contributed by atoms with van der Waals surface area (Å²) in [6, 6.07) is 10.0. The van der Waals surface area contributed by atoms with Crippen molar-refractivity contribution in [3.05, 3.63) is 35.9 Å². The second-order valence-electron chi connectivity index (χ2n) is 7.80. The van der Waals surface area contributed by atoms with E-state index in [2.05, 4.69) is 0 Å². The lowest BCUT2D eigenvalue weighted by Gasteiger charge is -2.25. The Kier molecular flexibility index (Phi) is 6.82. The largest absolute Gasteiger partial charge is 0.444 e. The third kappa shape index (κ3) is 7.02. The Morgan fingerprint density at radius 3 is 2.64 bits per heavy atom. The highest BCUT2D eigenvalue weighted by atomic mass is 19.1. The minimum atomic E-state index is -1.30. The summed E-state index contributed by atoms with van der Waals surface area (Å²) in [5, 5.41) is 0. The predicted molar refractivity (Wildman–Crippen MR) is 96.2 cm³/mol. The molecule has 2 rings (SSSR count). The van der Waals surface area contributed by atoms with Crippen molar-refractivity contribution in [1.82, 2.24) is 4.90 Å². The maximum absolute atomic E-state index is 14.8. The molecule has 25 heavy (non-hydrogen) atoms. The van der Waals surface area contributed by atoms with Gasteiger partial charge in [0.25, 0.3) is 0 Å². The molecular weight excluding hydrogens is 321 g/mol. The Labute approximate surface area is 150 Å². The van der Waals surface area contributed by atoms with Crippen LogP contribution in [0.1, 0.15) is 52.0 Å². The molecule has 0 radical (unpaired) electrons. The summed E-state index contributed by atoms with van der Waals surface area (Å²) in [4.78, 5) is 13.5. The minimum absolute atomic E-state index is 0.132. The molecule has 1 unspecified atom stereocenters. The van der Waals surface area contributed by atoms with Gasteiger partial charge in [0.05, 0.1) is 13.2 Å². The summed E-state index contributed by atoms with van der Waals surface area (Å²) in [6.45, 7) is 7.23. The van der Waals surface area contributed by atoms with Crippen LogP contribution in [0.2, 0.25) is 0 Å². The van der Waals surface area contributed by atoms with E-state index in [1.54, 1.807) is 0 Å². The Bertz CT molecular complexity index is 544. The first-order chi connectivity index (χ1) is 11.8. The van der Waals surface area contributed by atoms with Gasteiger partial charge in [-0.05, 0) is 45.6 Å². The average Bonchev–Trinajstić information content (AvgIpc) is 2.93. The van der Waals surface area contributed by atoms with Crippen LogP contribution < -0.4 is 0 Å². The molecule has 5 heteroatoms. The molecule has 4 nitrogen and oxygen atoms in total. The molecule has 1 aliphatic heterocycles. The van der Waals surface area contributed by atoms with Crippen LogP contribution >= 0.6 is 0 Å². The summed E-state index contributed by atoms with van der Waals surface area (Å²) in [6.07, 6.45) is 2.01. The molecule has 1 heterocycles. The lowest BCUT2D eigenvalue weighted by Crippen LogP contribution is -2.37. The standard InChI is InChI=1S/C20H30FNO3/c1-19(2,3)25-18(23)22-13-12-20(21,16-22)11-7-8-14-24-15-17-9-5-4-6-10-17/h4-6,9-10H,7-8,11-16H2,1-3H3. The van der Waals surface area contributed by atoms with E-state index < -0.39 is 17.4 Å². The lowest BCUT2D eigenvalue weighted by atomic mass is 9.98. The molecule has 140 valence electrons. The van der Waals surface area contributed by atoms with E-state index in [1.807, 2.05) is 51.1 Å². The van der Waals surface area contributed by atoms with Crippen molar-refractivity contribution >= 4 is 6.09 Å². The zero-order chi connectivity index (χ0) is 18.3. The van der Waals surface area contributed by atoms with Crippen molar-refractivity contribution < 1.29 is 18.7 Å². The van der Waals surface area contributed by atoms with E-state index in [-0.39, 0.29) is 6.54 Å². The smallest absolute Gasteiger partial charge is 0.410 e. The average molecular weight is 351 g/mol. The van der Waals surface area contributed by atoms with Gasteiger partial charge in [0.15, 0.2) is 0 Å². The fourth-order valence-electron chi connectivity index (χ4n) is 2.93. The number of benzene rings is 1. The normalized spacial score (nSPS) is 20.7. The summed E-state index contributed by atoms with van der Waals surface area (Å²) in [5.41, 5.74) is -0.696. The molecule has 1 fully saturated rings. The van der Waals surface area contributed by atoms with Gasteiger partial charge >= 0.3 is 6.09 Å². The highest BCUT2D eigenvalue weighted by molar-refractivity contribution is 5.68. The molecule has 0 bridgehead atoms. The van der Waals surface area contributed by atoms with Gasteiger partial charge in [0.2, 0.25) is 0 Å². The number of ether oxygens (including phenoxy) is 2. The van der Waals surface area contributed by atoms with Crippen molar-refractivity contribution in [3.63, 3.8) is 0 Å². The van der Waals surface area contributed by atoms with E-state index >= 15 is 0 Å². The third-order valence-electron chi connectivity index (χ3n) is 4.23. The fourth-order valence-corrected chi connectivity index (χ4v) is 2.93. The zero-order valence-electron chi connectivity index (χ0n) is 15.6. The Morgan fingerprint density at radius 1 is 1.24 bits per heavy atom. The van der Waals surface area contributed by atoms with Crippen molar-refractivity contribution in [3.8, 4) is 0 Å². The van der Waals surface area contributed by atoms with Gasteiger partial charge in [-0.25, -0.2) is 9.18 Å². The fraction of sp³-hybridized carbons (Fsp3) is 0.650. The Morgan fingerprint density at radius 2 is 1.96 bits per heavy atom. The van der Waals surface area contributed by atoms with Crippen molar-refractivity contribution in [2.45, 2.75) is 64.3 Å². The second kappa shape index (κ2) is 8.65. The van der Waals surface area contributed by atoms with Crippen LogP contribution in [0.25, 0.3) is 0 Å². The van der Waals surface area contributed by atoms with Crippen LogP contribution in [0, 0.1) is 0 Å². The summed E-state index contributed by atoms with van der Waals surface area (Å²) < 4.78 is 25.8. The summed E-state index contributed by atoms with van der Waals surface area (Å²) >= 11 is 0. The lowest BCUT2D eigenvalue weighted by molar-refractivity contribution is 0.0252. The Hall–Kier alpha value is -1.62. The van der Waals surface area contributed by atoms with E-state index in [0.717, 1.165) is 18.4 Å². The minimum Gasteiger partial charge on any atom is -0.444 e. The van der Waals surface area contributed by atoms with Crippen molar-refractivity contribution in [2.75, 3.05) is 19.7 Å². The van der Waals surface area contributed by atoms with Gasteiger partial charge in [-0.2, -0.15) is 0 Å². The predicted octanol–water partition coefficient (Wildman–Crippen LogP) is 4.72. The van der Waals surface area contributed by atoms with Gasteiger partial charge < -0.3 is 14.4 Å². The van der Waals surface area contributed by atoms with E-state index in [0.29, 0.717) is 32.6 Å². The number of carbonyl (C=O) groups is 1. The van der Waals surface area contributed by atoms with Gasteiger partial charge in [0, 0.05) is 19.6 Å². The van der Waals surface area contributed by atoms with Crippen LogP contribution in [0.3, 0.4) is 0 Å². The van der Waals surface area contributed by atoms with E-state index in [4.69, 9.17) is 9.47 Å². The van der Waals surface area contributed by atoms with Crippen LogP contribution in [-0.4, -0.2) is 42.0 Å². The number of likely N-dealkylation sites (tertiary alicyclic amines) is 1. The highest BCUT2D eigenvalue weighted by Crippen LogP contribution is 2.31. The number of hydrogen-bond donors (Lipinski definition) is 0. The number of carbonyl (C=O) groups excluding carboxylic acids is 1. The molecule has 1 aromatic carbocycles. The number of nitrogens with zero attached hydrogens (tertiary/aromatic N) is 1. The maximum atomic E-state index is 14.8. The van der Waals surface area contributed by atoms with Gasteiger partial charge in [-0.15, -0.1) is 0 Å². The molecule has 1 amide bonds. The molecular formula is C20H30FNO3. The SMILES string of the molecule is CC(C)(C)OC(=O)N1CCC(F)(CCCCOCc2ccccc2)C1. The molecule has 0 saturated carbocycles. The first-order valence-corrected chi connectivity index (χ1v) is 9.06. The van der Waals surface area contributed by atoms with Crippen molar-refractivity contribution in [1.29, 1.82) is 0 Å². The molecule has 0 aliphatic carbocycles.